The Morgan fingerprint density at radius 1 is 0.967 bits per heavy atom. The first-order valence-corrected chi connectivity index (χ1v) is 10.7. The van der Waals surface area contributed by atoms with E-state index >= 15 is 0 Å². The van der Waals surface area contributed by atoms with Gasteiger partial charge in [0, 0.05) is 6.42 Å². The first kappa shape index (κ1) is 25.8. The first-order valence-electron chi connectivity index (χ1n) is 10.7. The van der Waals surface area contributed by atoms with E-state index in [0.29, 0.717) is 12.8 Å². The maximum atomic E-state index is 11.1. The van der Waals surface area contributed by atoms with Gasteiger partial charge in [0.25, 0.3) is 0 Å². The van der Waals surface area contributed by atoms with E-state index in [9.17, 15) is 20.1 Å². The third kappa shape index (κ3) is 11.1. The number of aliphatic hydroxyl groups excluding tert-OH is 3. The molecule has 0 saturated heterocycles. The molecule has 5 heteroatoms. The van der Waals surface area contributed by atoms with Crippen LogP contribution in [-0.4, -0.2) is 46.7 Å². The van der Waals surface area contributed by atoms with Gasteiger partial charge in [0.05, 0.1) is 25.4 Å². The summed E-state index contributed by atoms with van der Waals surface area (Å²) in [4.78, 5) is 11.1. The van der Waals surface area contributed by atoms with E-state index < -0.39 is 18.3 Å². The molecule has 0 fully saturated rings. The van der Waals surface area contributed by atoms with Crippen LogP contribution >= 0.6 is 0 Å². The number of carbonyl (C=O) groups excluding carboxylic acids is 1. The lowest BCUT2D eigenvalue weighted by Gasteiger charge is -2.14. The summed E-state index contributed by atoms with van der Waals surface area (Å²) in [5, 5.41) is 30.1. The highest BCUT2D eigenvalue weighted by molar-refractivity contribution is 5.69. The predicted molar refractivity (Wildman–Crippen MR) is 122 cm³/mol. The summed E-state index contributed by atoms with van der Waals surface area (Å²) in [5.74, 6) is -0.324. The molecule has 1 aromatic rings. The van der Waals surface area contributed by atoms with Crippen LogP contribution in [0.3, 0.4) is 0 Å². The Morgan fingerprint density at radius 3 is 2.33 bits per heavy atom. The van der Waals surface area contributed by atoms with Gasteiger partial charge in [-0.15, -0.1) is 0 Å². The number of hydrogen-bond donors (Lipinski definition) is 3. The van der Waals surface area contributed by atoms with Gasteiger partial charge in [-0.2, -0.15) is 0 Å². The van der Waals surface area contributed by atoms with Crippen LogP contribution in [0.4, 0.5) is 0 Å². The average Bonchev–Trinajstić information content (AvgIpc) is 2.75. The Labute approximate surface area is 180 Å². The third-order valence-corrected chi connectivity index (χ3v) is 4.80. The van der Waals surface area contributed by atoms with E-state index in [-0.39, 0.29) is 12.4 Å². The van der Waals surface area contributed by atoms with Crippen molar-refractivity contribution in [1.29, 1.82) is 0 Å². The molecule has 0 aliphatic heterocycles. The summed E-state index contributed by atoms with van der Waals surface area (Å²) in [6, 6.07) is 7.72. The SMILES string of the molecule is CCCCC[C@@H](O)C=CC=Cc1ccccc1C=C[C@@H](O)[C@@H](O)CCCC(=O)OC. The number of aliphatic hydroxyl groups is 3. The highest BCUT2D eigenvalue weighted by atomic mass is 16.5. The maximum absolute atomic E-state index is 11.1. The summed E-state index contributed by atoms with van der Waals surface area (Å²) >= 11 is 0. The topological polar surface area (TPSA) is 87.0 Å². The fourth-order valence-electron chi connectivity index (χ4n) is 2.92. The zero-order valence-electron chi connectivity index (χ0n) is 18.1. The van der Waals surface area contributed by atoms with Crippen LogP contribution < -0.4 is 0 Å². The molecule has 1 aromatic carbocycles. The van der Waals surface area contributed by atoms with E-state index in [1.54, 1.807) is 18.2 Å². The molecule has 0 bridgehead atoms. The second-order valence-electron chi connectivity index (χ2n) is 7.32. The molecule has 0 unspecified atom stereocenters. The minimum atomic E-state index is -1.02. The summed E-state index contributed by atoms with van der Waals surface area (Å²) in [7, 11) is 1.33. The van der Waals surface area contributed by atoms with Crippen molar-refractivity contribution in [2.45, 2.75) is 70.2 Å². The summed E-state index contributed by atoms with van der Waals surface area (Å²) in [6.07, 6.45) is 13.5. The highest BCUT2D eigenvalue weighted by Crippen LogP contribution is 2.15. The molecule has 30 heavy (non-hydrogen) atoms. The first-order chi connectivity index (χ1) is 14.5. The van der Waals surface area contributed by atoms with Crippen molar-refractivity contribution >= 4 is 18.1 Å². The maximum Gasteiger partial charge on any atom is 0.305 e. The van der Waals surface area contributed by atoms with Crippen LogP contribution in [0.2, 0.25) is 0 Å². The van der Waals surface area contributed by atoms with Crippen molar-refractivity contribution in [3.05, 3.63) is 59.7 Å². The van der Waals surface area contributed by atoms with Gasteiger partial charge in [-0.25, -0.2) is 0 Å². The molecule has 0 aliphatic carbocycles. The fourth-order valence-corrected chi connectivity index (χ4v) is 2.92. The number of benzene rings is 1. The third-order valence-electron chi connectivity index (χ3n) is 4.80. The number of rotatable bonds is 14. The fraction of sp³-hybridized carbons (Fsp3) is 0.480. The predicted octanol–water partition coefficient (Wildman–Crippen LogP) is 4.28. The lowest BCUT2D eigenvalue weighted by atomic mass is 10.0. The molecular formula is C25H36O5. The van der Waals surface area contributed by atoms with Crippen molar-refractivity contribution in [3.8, 4) is 0 Å². The minimum Gasteiger partial charge on any atom is -0.469 e. The molecule has 0 spiro atoms. The number of ether oxygens (including phenoxy) is 1. The summed E-state index contributed by atoms with van der Waals surface area (Å²) in [6.45, 7) is 2.14. The Hall–Kier alpha value is -2.21. The number of unbranched alkanes of at least 4 members (excludes halogenated alkanes) is 2. The van der Waals surface area contributed by atoms with Crippen molar-refractivity contribution in [2.75, 3.05) is 7.11 Å². The molecule has 0 saturated carbocycles. The quantitative estimate of drug-likeness (QED) is 0.239. The Kier molecular flexibility index (Phi) is 13.4. The molecule has 3 N–H and O–H groups in total. The van der Waals surface area contributed by atoms with Gasteiger partial charge in [-0.05, 0) is 30.4 Å². The van der Waals surface area contributed by atoms with Crippen LogP contribution in [0.1, 0.15) is 63.0 Å². The van der Waals surface area contributed by atoms with Gasteiger partial charge in [0.1, 0.15) is 0 Å². The van der Waals surface area contributed by atoms with Crippen LogP contribution in [0.5, 0.6) is 0 Å². The molecule has 0 aliphatic rings. The molecule has 0 aromatic heterocycles. The Balaban J connectivity index is 2.60. The van der Waals surface area contributed by atoms with Gasteiger partial charge in [0.2, 0.25) is 0 Å². The van der Waals surface area contributed by atoms with E-state index in [1.165, 1.54) is 7.11 Å². The van der Waals surface area contributed by atoms with Gasteiger partial charge in [-0.3, -0.25) is 4.79 Å². The normalized spacial score (nSPS) is 15.1. The highest BCUT2D eigenvalue weighted by Gasteiger charge is 2.14. The van der Waals surface area contributed by atoms with Crippen molar-refractivity contribution in [1.82, 2.24) is 0 Å². The van der Waals surface area contributed by atoms with Crippen LogP contribution in [-0.2, 0) is 9.53 Å². The van der Waals surface area contributed by atoms with Gasteiger partial charge in [0.15, 0.2) is 0 Å². The van der Waals surface area contributed by atoms with Crippen molar-refractivity contribution in [2.24, 2.45) is 0 Å². The summed E-state index contributed by atoms with van der Waals surface area (Å²) < 4.78 is 4.56. The molecule has 0 amide bonds. The number of allylic oxidation sites excluding steroid dienone is 2. The monoisotopic (exact) mass is 416 g/mol. The smallest absolute Gasteiger partial charge is 0.305 e. The van der Waals surface area contributed by atoms with Gasteiger partial charge in [-0.1, -0.05) is 86.9 Å². The lowest BCUT2D eigenvalue weighted by molar-refractivity contribution is -0.140. The lowest BCUT2D eigenvalue weighted by Crippen LogP contribution is -2.23. The number of methoxy groups -OCH3 is 1. The molecule has 0 radical (unpaired) electrons. The van der Waals surface area contributed by atoms with E-state index in [2.05, 4.69) is 11.7 Å². The number of carbonyl (C=O) groups is 1. The van der Waals surface area contributed by atoms with Crippen LogP contribution in [0, 0.1) is 0 Å². The van der Waals surface area contributed by atoms with Crippen molar-refractivity contribution in [3.63, 3.8) is 0 Å². The number of hydrogen-bond acceptors (Lipinski definition) is 5. The van der Waals surface area contributed by atoms with Crippen molar-refractivity contribution < 1.29 is 24.9 Å². The molecule has 5 nitrogen and oxygen atoms in total. The number of esters is 1. The molecular weight excluding hydrogens is 380 g/mol. The zero-order chi connectivity index (χ0) is 22.2. The second-order valence-corrected chi connectivity index (χ2v) is 7.32. The van der Waals surface area contributed by atoms with E-state index in [1.807, 2.05) is 42.5 Å². The second kappa shape index (κ2) is 15.6. The van der Waals surface area contributed by atoms with Crippen LogP contribution in [0.15, 0.2) is 48.6 Å². The van der Waals surface area contributed by atoms with Gasteiger partial charge < -0.3 is 20.1 Å². The Bertz CT molecular complexity index is 693. The van der Waals surface area contributed by atoms with E-state index in [4.69, 9.17) is 0 Å². The molecule has 0 heterocycles. The Morgan fingerprint density at radius 2 is 1.67 bits per heavy atom. The average molecular weight is 417 g/mol. The zero-order valence-corrected chi connectivity index (χ0v) is 18.1. The summed E-state index contributed by atoms with van der Waals surface area (Å²) in [5.41, 5.74) is 1.87. The standard InChI is InChI=1S/C25H36O5/c1-3-4-5-14-22(26)15-9-8-12-20-11-6-7-13-21(20)18-19-24(28)23(27)16-10-17-25(29)30-2/h6-9,11-13,15,18-19,22-24,26-28H,3-5,10,14,16-17H2,1-2H3/t22-,23+,24-/m1/s1. The van der Waals surface area contributed by atoms with Crippen LogP contribution in [0.25, 0.3) is 12.2 Å². The van der Waals surface area contributed by atoms with E-state index in [0.717, 1.165) is 36.8 Å². The minimum absolute atomic E-state index is 0.221. The molecule has 166 valence electrons. The molecule has 3 atom stereocenters. The van der Waals surface area contributed by atoms with Gasteiger partial charge >= 0.3 is 5.97 Å². The largest absolute Gasteiger partial charge is 0.469 e. The molecule has 1 rings (SSSR count).